The zero-order chi connectivity index (χ0) is 19.9. The van der Waals surface area contributed by atoms with Crippen LogP contribution < -0.4 is 11.1 Å². The Hall–Kier alpha value is -2.41. The van der Waals surface area contributed by atoms with Gasteiger partial charge < -0.3 is 11.1 Å². The van der Waals surface area contributed by atoms with Gasteiger partial charge in [0.1, 0.15) is 11.6 Å². The first-order valence-electron chi connectivity index (χ1n) is 9.63. The molecule has 0 bridgehead atoms. The Morgan fingerprint density at radius 2 is 2.00 bits per heavy atom. The van der Waals surface area contributed by atoms with Crippen molar-refractivity contribution in [3.8, 4) is 0 Å². The summed E-state index contributed by atoms with van der Waals surface area (Å²) in [5.74, 6) is 1.99. The van der Waals surface area contributed by atoms with E-state index in [1.54, 1.807) is 24.2 Å². The van der Waals surface area contributed by atoms with E-state index in [4.69, 9.17) is 10.7 Å². The lowest BCUT2D eigenvalue weighted by molar-refractivity contribution is -0.118. The number of nitrogens with two attached hydrogens (primary N) is 1. The van der Waals surface area contributed by atoms with Crippen LogP contribution >= 0.6 is 11.8 Å². The third-order valence-corrected chi connectivity index (χ3v) is 6.25. The Balaban J connectivity index is 1.89. The standard InChI is InChI=1S/C21H25N5OS/c1-4-9-28-20-25-18(22)17-15(12-5-7-23-8-6-12)16-13(24-19(17)26-20)10-21(2,3)11-14(16)27/h5-8,15H,4,9-11H2,1-3H3,(H3,22,24,25,26)/t15-/m0/s1. The molecule has 2 aromatic rings. The maximum Gasteiger partial charge on any atom is 0.191 e. The molecule has 28 heavy (non-hydrogen) atoms. The Bertz CT molecular complexity index is 955. The van der Waals surface area contributed by atoms with E-state index < -0.39 is 0 Å². The van der Waals surface area contributed by atoms with E-state index >= 15 is 0 Å². The molecule has 3 N–H and O–H groups in total. The van der Waals surface area contributed by atoms with Crippen molar-refractivity contribution in [1.29, 1.82) is 0 Å². The Morgan fingerprint density at radius 1 is 1.25 bits per heavy atom. The highest BCUT2D eigenvalue weighted by molar-refractivity contribution is 7.99. The summed E-state index contributed by atoms with van der Waals surface area (Å²) >= 11 is 1.60. The number of fused-ring (bicyclic) bond motifs is 1. The number of thioether (sulfide) groups is 1. The lowest BCUT2D eigenvalue weighted by atomic mass is 9.69. The van der Waals surface area contributed by atoms with Crippen molar-refractivity contribution in [3.63, 3.8) is 0 Å². The fourth-order valence-electron chi connectivity index (χ4n) is 4.06. The van der Waals surface area contributed by atoms with E-state index in [0.717, 1.165) is 46.8 Å². The van der Waals surface area contributed by atoms with Gasteiger partial charge in [-0.2, -0.15) is 0 Å². The molecule has 0 aromatic carbocycles. The molecule has 0 radical (unpaired) electrons. The molecule has 0 saturated carbocycles. The van der Waals surface area contributed by atoms with Crippen LogP contribution in [0.1, 0.15) is 57.1 Å². The number of hydrogen-bond donors (Lipinski definition) is 2. The summed E-state index contributed by atoms with van der Waals surface area (Å²) < 4.78 is 0. The quantitative estimate of drug-likeness (QED) is 0.593. The third kappa shape index (κ3) is 3.39. The number of anilines is 2. The number of Topliss-reactive ketones (excluding diaryl/α,β-unsaturated/α-hetero) is 1. The number of nitrogen functional groups attached to an aromatic ring is 1. The molecule has 6 nitrogen and oxygen atoms in total. The van der Waals surface area contributed by atoms with Gasteiger partial charge in [-0.05, 0) is 36.0 Å². The van der Waals surface area contributed by atoms with Gasteiger partial charge in [0.15, 0.2) is 10.9 Å². The molecular weight excluding hydrogens is 370 g/mol. The summed E-state index contributed by atoms with van der Waals surface area (Å²) in [6, 6.07) is 3.88. The normalized spacial score (nSPS) is 20.4. The lowest BCUT2D eigenvalue weighted by Gasteiger charge is -2.39. The second kappa shape index (κ2) is 7.20. The average Bonchev–Trinajstić information content (AvgIpc) is 2.64. The molecule has 0 unspecified atom stereocenters. The van der Waals surface area contributed by atoms with Crippen LogP contribution in [0.5, 0.6) is 0 Å². The molecule has 0 spiro atoms. The van der Waals surface area contributed by atoms with Crippen molar-refractivity contribution >= 4 is 29.2 Å². The minimum atomic E-state index is -0.261. The largest absolute Gasteiger partial charge is 0.383 e. The van der Waals surface area contributed by atoms with E-state index in [2.05, 4.69) is 36.1 Å². The second-order valence-corrected chi connectivity index (χ2v) is 9.24. The Labute approximate surface area is 169 Å². The van der Waals surface area contributed by atoms with E-state index in [9.17, 15) is 4.79 Å². The number of carbonyl (C=O) groups is 1. The molecule has 4 rings (SSSR count). The molecule has 1 atom stereocenters. The predicted molar refractivity (Wildman–Crippen MR) is 112 cm³/mol. The number of rotatable bonds is 4. The summed E-state index contributed by atoms with van der Waals surface area (Å²) in [5.41, 5.74) is 9.86. The van der Waals surface area contributed by atoms with Gasteiger partial charge in [-0.1, -0.05) is 32.5 Å². The maximum absolute atomic E-state index is 13.2. The molecule has 3 heterocycles. The number of nitrogens with zero attached hydrogens (tertiary/aromatic N) is 3. The summed E-state index contributed by atoms with van der Waals surface area (Å²) in [4.78, 5) is 26.6. The van der Waals surface area contributed by atoms with E-state index in [1.807, 2.05) is 12.1 Å². The molecule has 0 saturated heterocycles. The van der Waals surface area contributed by atoms with E-state index in [-0.39, 0.29) is 17.1 Å². The fraction of sp³-hybridized carbons (Fsp3) is 0.429. The van der Waals surface area contributed by atoms with Crippen LogP contribution in [0.15, 0.2) is 41.0 Å². The third-order valence-electron chi connectivity index (χ3n) is 5.20. The van der Waals surface area contributed by atoms with Crippen molar-refractivity contribution < 1.29 is 4.79 Å². The molecule has 0 fully saturated rings. The van der Waals surface area contributed by atoms with Crippen LogP contribution in [0.3, 0.4) is 0 Å². The van der Waals surface area contributed by atoms with E-state index in [1.165, 1.54) is 0 Å². The van der Waals surface area contributed by atoms with Crippen molar-refractivity contribution in [2.75, 3.05) is 16.8 Å². The highest BCUT2D eigenvalue weighted by Gasteiger charge is 2.42. The Morgan fingerprint density at radius 3 is 2.71 bits per heavy atom. The van der Waals surface area contributed by atoms with Crippen LogP contribution in [-0.4, -0.2) is 26.5 Å². The van der Waals surface area contributed by atoms with Gasteiger partial charge in [-0.15, -0.1) is 0 Å². The average molecular weight is 396 g/mol. The molecule has 0 amide bonds. The molecule has 1 aliphatic carbocycles. The van der Waals surface area contributed by atoms with Gasteiger partial charge in [0, 0.05) is 47.3 Å². The highest BCUT2D eigenvalue weighted by atomic mass is 32.2. The smallest absolute Gasteiger partial charge is 0.191 e. The number of hydrogen-bond acceptors (Lipinski definition) is 7. The lowest BCUT2D eigenvalue weighted by Crippen LogP contribution is -2.34. The van der Waals surface area contributed by atoms with Crippen LogP contribution in [-0.2, 0) is 4.79 Å². The van der Waals surface area contributed by atoms with Gasteiger partial charge >= 0.3 is 0 Å². The van der Waals surface area contributed by atoms with Gasteiger partial charge in [-0.3, -0.25) is 9.78 Å². The summed E-state index contributed by atoms with van der Waals surface area (Å²) in [7, 11) is 0. The minimum absolute atomic E-state index is 0.0818. The van der Waals surface area contributed by atoms with Crippen molar-refractivity contribution in [2.24, 2.45) is 5.41 Å². The minimum Gasteiger partial charge on any atom is -0.383 e. The maximum atomic E-state index is 13.2. The van der Waals surface area contributed by atoms with Gasteiger partial charge in [0.25, 0.3) is 0 Å². The van der Waals surface area contributed by atoms with Gasteiger partial charge in [0.05, 0.1) is 0 Å². The first kappa shape index (κ1) is 18.9. The number of allylic oxidation sites excluding steroid dienone is 2. The highest BCUT2D eigenvalue weighted by Crippen LogP contribution is 2.49. The first-order chi connectivity index (χ1) is 13.4. The van der Waals surface area contributed by atoms with Crippen LogP contribution in [0.25, 0.3) is 0 Å². The number of ketones is 1. The number of pyridine rings is 1. The number of carbonyl (C=O) groups excluding carboxylic acids is 1. The zero-order valence-corrected chi connectivity index (χ0v) is 17.3. The molecule has 2 aliphatic rings. The summed E-state index contributed by atoms with van der Waals surface area (Å²) in [6.07, 6.45) is 5.86. The monoisotopic (exact) mass is 395 g/mol. The molecule has 7 heteroatoms. The number of aromatic nitrogens is 3. The van der Waals surface area contributed by atoms with E-state index in [0.29, 0.717) is 17.4 Å². The first-order valence-corrected chi connectivity index (χ1v) is 10.6. The zero-order valence-electron chi connectivity index (χ0n) is 16.5. The second-order valence-electron chi connectivity index (χ2n) is 8.17. The SMILES string of the molecule is CCCSc1nc(N)c2c(n1)NC1=C(C(=O)CC(C)(C)C1)[C@@H]2c1ccncc1. The predicted octanol–water partition coefficient (Wildman–Crippen LogP) is 4.16. The Kier molecular flexibility index (Phi) is 4.87. The summed E-state index contributed by atoms with van der Waals surface area (Å²) in [5, 5.41) is 4.11. The van der Waals surface area contributed by atoms with Crippen molar-refractivity contribution in [1.82, 2.24) is 15.0 Å². The van der Waals surface area contributed by atoms with Gasteiger partial charge in [0.2, 0.25) is 0 Å². The van der Waals surface area contributed by atoms with Gasteiger partial charge in [-0.25, -0.2) is 9.97 Å². The van der Waals surface area contributed by atoms with Crippen molar-refractivity contribution in [2.45, 2.75) is 51.1 Å². The molecule has 2 aromatic heterocycles. The molecule has 146 valence electrons. The topological polar surface area (TPSA) is 93.8 Å². The fourth-order valence-corrected chi connectivity index (χ4v) is 4.77. The number of nitrogens with one attached hydrogen (secondary N) is 1. The van der Waals surface area contributed by atoms with Crippen LogP contribution in [0.4, 0.5) is 11.6 Å². The summed E-state index contributed by atoms with van der Waals surface area (Å²) in [6.45, 7) is 6.38. The molecular formula is C21H25N5OS. The molecule has 1 aliphatic heterocycles. The van der Waals surface area contributed by atoms with Crippen LogP contribution in [0.2, 0.25) is 0 Å². The van der Waals surface area contributed by atoms with Crippen LogP contribution in [0, 0.1) is 5.41 Å². The van der Waals surface area contributed by atoms with Crippen molar-refractivity contribution in [3.05, 3.63) is 46.9 Å².